The number of benzene rings is 2. The minimum absolute atomic E-state index is 0.163. The molecular weight excluding hydrogens is 302 g/mol. The summed E-state index contributed by atoms with van der Waals surface area (Å²) in [5, 5.41) is 2.83. The van der Waals surface area contributed by atoms with Crippen molar-refractivity contribution in [1.82, 2.24) is 5.32 Å². The fourth-order valence-electron chi connectivity index (χ4n) is 2.45. The number of hydrogen-bond acceptors (Lipinski definition) is 3. The molecule has 1 fully saturated rings. The van der Waals surface area contributed by atoms with Gasteiger partial charge in [0.1, 0.15) is 0 Å². The minimum Gasteiger partial charge on any atom is -0.452 e. The van der Waals surface area contributed by atoms with E-state index in [0.29, 0.717) is 0 Å². The van der Waals surface area contributed by atoms with Gasteiger partial charge in [-0.05, 0) is 36.5 Å². The van der Waals surface area contributed by atoms with Crippen LogP contribution in [0.3, 0.4) is 0 Å². The maximum absolute atomic E-state index is 12.0. The van der Waals surface area contributed by atoms with Crippen LogP contribution < -0.4 is 5.32 Å². The maximum Gasteiger partial charge on any atom is 0.311 e. The number of rotatable bonds is 6. The third-order valence-electron chi connectivity index (χ3n) is 4.01. The van der Waals surface area contributed by atoms with Crippen molar-refractivity contribution < 1.29 is 14.3 Å². The van der Waals surface area contributed by atoms with E-state index in [4.69, 9.17) is 4.74 Å². The molecule has 0 aliphatic heterocycles. The Kier molecular flexibility index (Phi) is 4.94. The van der Waals surface area contributed by atoms with Gasteiger partial charge < -0.3 is 10.1 Å². The summed E-state index contributed by atoms with van der Waals surface area (Å²) in [5.74, 6) is -0.605. The fraction of sp³-hybridized carbons (Fsp3) is 0.300. The van der Waals surface area contributed by atoms with E-state index >= 15 is 0 Å². The third-order valence-corrected chi connectivity index (χ3v) is 4.01. The van der Waals surface area contributed by atoms with Crippen molar-refractivity contribution in [2.24, 2.45) is 0 Å². The van der Waals surface area contributed by atoms with E-state index in [1.165, 1.54) is 0 Å². The lowest BCUT2D eigenvalue weighted by molar-refractivity contribution is -0.154. The molecule has 0 saturated heterocycles. The van der Waals surface area contributed by atoms with Gasteiger partial charge in [0, 0.05) is 6.04 Å². The molecule has 1 amide bonds. The van der Waals surface area contributed by atoms with E-state index in [1.54, 1.807) is 6.92 Å². The summed E-state index contributed by atoms with van der Waals surface area (Å²) in [6.07, 6.45) is 1.44. The topological polar surface area (TPSA) is 55.4 Å². The average Bonchev–Trinajstić information content (AvgIpc) is 3.40. The molecular formula is C20H21NO3. The molecule has 1 saturated carbocycles. The molecule has 4 nitrogen and oxygen atoms in total. The molecule has 24 heavy (non-hydrogen) atoms. The van der Waals surface area contributed by atoms with E-state index in [-0.39, 0.29) is 24.3 Å². The minimum atomic E-state index is -0.748. The molecule has 0 unspecified atom stereocenters. The van der Waals surface area contributed by atoms with Crippen LogP contribution in [0.15, 0.2) is 54.6 Å². The number of hydrogen-bond donors (Lipinski definition) is 1. The first-order valence-corrected chi connectivity index (χ1v) is 8.26. The lowest BCUT2D eigenvalue weighted by atomic mass is 10.0. The van der Waals surface area contributed by atoms with Gasteiger partial charge in [-0.1, -0.05) is 54.6 Å². The van der Waals surface area contributed by atoms with Gasteiger partial charge in [-0.3, -0.25) is 9.59 Å². The molecule has 0 heterocycles. The molecule has 124 valence electrons. The van der Waals surface area contributed by atoms with Crippen molar-refractivity contribution >= 4 is 11.9 Å². The smallest absolute Gasteiger partial charge is 0.311 e. The first-order valence-electron chi connectivity index (χ1n) is 8.26. The van der Waals surface area contributed by atoms with E-state index in [2.05, 4.69) is 5.32 Å². The van der Waals surface area contributed by atoms with Crippen molar-refractivity contribution in [3.8, 4) is 11.1 Å². The molecule has 2 aromatic rings. The third kappa shape index (κ3) is 4.44. The number of esters is 1. The summed E-state index contributed by atoms with van der Waals surface area (Å²) in [4.78, 5) is 23.8. The first-order chi connectivity index (χ1) is 11.6. The normalized spacial score (nSPS) is 14.7. The lowest BCUT2D eigenvalue weighted by Gasteiger charge is -2.13. The molecule has 0 bridgehead atoms. The Hall–Kier alpha value is -2.62. The van der Waals surface area contributed by atoms with Crippen LogP contribution in [0.5, 0.6) is 0 Å². The Morgan fingerprint density at radius 2 is 1.67 bits per heavy atom. The van der Waals surface area contributed by atoms with Crippen LogP contribution in [0.2, 0.25) is 0 Å². The van der Waals surface area contributed by atoms with Gasteiger partial charge in [0.2, 0.25) is 0 Å². The lowest BCUT2D eigenvalue weighted by Crippen LogP contribution is -2.37. The molecule has 4 heteroatoms. The van der Waals surface area contributed by atoms with Crippen LogP contribution in [0, 0.1) is 0 Å². The molecule has 1 aliphatic rings. The maximum atomic E-state index is 12.0. The van der Waals surface area contributed by atoms with Crippen molar-refractivity contribution in [2.45, 2.75) is 38.3 Å². The second kappa shape index (κ2) is 7.30. The standard InChI is InChI=1S/C20H21NO3/c1-14(20(23)21-18-11-12-18)24-19(22)13-15-7-9-17(10-8-15)16-5-3-2-4-6-16/h2-10,14,18H,11-13H2,1H3,(H,21,23)/t14-/m1/s1. The highest BCUT2D eigenvalue weighted by atomic mass is 16.5. The molecule has 0 radical (unpaired) electrons. The summed E-state index contributed by atoms with van der Waals surface area (Å²) in [6.45, 7) is 1.61. The second-order valence-corrected chi connectivity index (χ2v) is 6.15. The Morgan fingerprint density at radius 1 is 1.04 bits per heavy atom. The quantitative estimate of drug-likeness (QED) is 0.831. The monoisotopic (exact) mass is 323 g/mol. The van der Waals surface area contributed by atoms with E-state index in [9.17, 15) is 9.59 Å². The highest BCUT2D eigenvalue weighted by Gasteiger charge is 2.27. The highest BCUT2D eigenvalue weighted by molar-refractivity contribution is 5.84. The van der Waals surface area contributed by atoms with Gasteiger partial charge >= 0.3 is 5.97 Å². The van der Waals surface area contributed by atoms with Crippen LogP contribution >= 0.6 is 0 Å². The summed E-state index contributed by atoms with van der Waals surface area (Å²) >= 11 is 0. The predicted octanol–water partition coefficient (Wildman–Crippen LogP) is 3.11. The van der Waals surface area contributed by atoms with E-state index in [0.717, 1.165) is 29.5 Å². The zero-order valence-corrected chi connectivity index (χ0v) is 13.7. The second-order valence-electron chi connectivity index (χ2n) is 6.15. The Labute approximate surface area is 141 Å². The Morgan fingerprint density at radius 3 is 2.29 bits per heavy atom. The van der Waals surface area contributed by atoms with Crippen LogP contribution in [0.4, 0.5) is 0 Å². The molecule has 1 N–H and O–H groups in total. The molecule has 0 spiro atoms. The van der Waals surface area contributed by atoms with E-state index in [1.807, 2.05) is 54.6 Å². The molecule has 1 aliphatic carbocycles. The van der Waals surface area contributed by atoms with Gasteiger partial charge in [0.15, 0.2) is 6.10 Å². The van der Waals surface area contributed by atoms with Gasteiger partial charge in [0.25, 0.3) is 5.91 Å². The van der Waals surface area contributed by atoms with Crippen LogP contribution in [0.1, 0.15) is 25.3 Å². The van der Waals surface area contributed by atoms with Crippen LogP contribution in [-0.2, 0) is 20.7 Å². The molecule has 3 rings (SSSR count). The molecule has 2 aromatic carbocycles. The van der Waals surface area contributed by atoms with Crippen molar-refractivity contribution in [3.05, 3.63) is 60.2 Å². The number of nitrogens with one attached hydrogen (secondary N) is 1. The summed E-state index contributed by atoms with van der Waals surface area (Å²) in [6, 6.07) is 18.1. The molecule has 1 atom stereocenters. The van der Waals surface area contributed by atoms with Gasteiger partial charge in [-0.25, -0.2) is 0 Å². The largest absolute Gasteiger partial charge is 0.452 e. The van der Waals surface area contributed by atoms with Crippen LogP contribution in [-0.4, -0.2) is 24.0 Å². The van der Waals surface area contributed by atoms with E-state index < -0.39 is 6.10 Å². The fourth-order valence-corrected chi connectivity index (χ4v) is 2.45. The van der Waals surface area contributed by atoms with Gasteiger partial charge in [0.05, 0.1) is 6.42 Å². The highest BCUT2D eigenvalue weighted by Crippen LogP contribution is 2.20. The first kappa shape index (κ1) is 16.2. The number of ether oxygens (including phenoxy) is 1. The van der Waals surface area contributed by atoms with Crippen LogP contribution in [0.25, 0.3) is 11.1 Å². The zero-order valence-electron chi connectivity index (χ0n) is 13.7. The van der Waals surface area contributed by atoms with Crippen molar-refractivity contribution in [3.63, 3.8) is 0 Å². The van der Waals surface area contributed by atoms with Crippen molar-refractivity contribution in [1.29, 1.82) is 0 Å². The SMILES string of the molecule is C[C@@H](OC(=O)Cc1ccc(-c2ccccc2)cc1)C(=O)NC1CC1. The summed E-state index contributed by atoms with van der Waals surface area (Å²) in [5.41, 5.74) is 3.11. The predicted molar refractivity (Wildman–Crippen MR) is 92.3 cm³/mol. The zero-order chi connectivity index (χ0) is 16.9. The number of carbonyl (C=O) groups excluding carboxylic acids is 2. The average molecular weight is 323 g/mol. The van der Waals surface area contributed by atoms with Crippen molar-refractivity contribution in [2.75, 3.05) is 0 Å². The Bertz CT molecular complexity index is 705. The number of carbonyl (C=O) groups is 2. The summed E-state index contributed by atoms with van der Waals surface area (Å²) in [7, 11) is 0. The van der Waals surface area contributed by atoms with Gasteiger partial charge in [-0.2, -0.15) is 0 Å². The number of amides is 1. The Balaban J connectivity index is 1.53. The molecule has 0 aromatic heterocycles. The van der Waals surface area contributed by atoms with Gasteiger partial charge in [-0.15, -0.1) is 0 Å². The summed E-state index contributed by atoms with van der Waals surface area (Å²) < 4.78 is 5.21.